The van der Waals surface area contributed by atoms with Crippen LogP contribution in [0.5, 0.6) is 5.75 Å². The van der Waals surface area contributed by atoms with Gasteiger partial charge < -0.3 is 14.5 Å². The average molecular weight is 354 g/mol. The number of nitrogens with one attached hydrogen (secondary N) is 1. The molecule has 0 bridgehead atoms. The van der Waals surface area contributed by atoms with Crippen molar-refractivity contribution in [2.24, 2.45) is 0 Å². The number of hydrogen-bond donors (Lipinski definition) is 1. The fraction of sp³-hybridized carbons (Fsp3) is 0.381. The Labute approximate surface area is 154 Å². The highest BCUT2D eigenvalue weighted by atomic mass is 16.5. The highest BCUT2D eigenvalue weighted by Crippen LogP contribution is 2.29. The van der Waals surface area contributed by atoms with Gasteiger partial charge in [0.25, 0.3) is 0 Å². The molecule has 0 aliphatic carbocycles. The Kier molecular flexibility index (Phi) is 5.78. The van der Waals surface area contributed by atoms with Gasteiger partial charge in [0.05, 0.1) is 19.1 Å². The van der Waals surface area contributed by atoms with E-state index in [1.165, 1.54) is 0 Å². The summed E-state index contributed by atoms with van der Waals surface area (Å²) in [7, 11) is 1.67. The molecule has 0 unspecified atom stereocenters. The Morgan fingerprint density at radius 1 is 1.27 bits per heavy atom. The summed E-state index contributed by atoms with van der Waals surface area (Å²) >= 11 is 0. The lowest BCUT2D eigenvalue weighted by Crippen LogP contribution is -2.38. The number of carbonyl (C=O) groups excluding carboxylic acids is 1. The Morgan fingerprint density at radius 3 is 2.65 bits per heavy atom. The van der Waals surface area contributed by atoms with Gasteiger partial charge in [-0.3, -0.25) is 9.69 Å². The lowest BCUT2D eigenvalue weighted by Gasteiger charge is -2.17. The first-order valence-electron chi connectivity index (χ1n) is 8.91. The van der Waals surface area contributed by atoms with Crippen molar-refractivity contribution in [1.82, 2.24) is 10.2 Å². The first kappa shape index (κ1) is 18.3. The van der Waals surface area contributed by atoms with Gasteiger partial charge in [0, 0.05) is 26.6 Å². The molecule has 1 aromatic heterocycles. The molecule has 1 fully saturated rings. The molecule has 2 aromatic rings. The molecule has 1 aromatic carbocycles. The molecule has 1 amide bonds. The van der Waals surface area contributed by atoms with Gasteiger partial charge in [-0.1, -0.05) is 24.3 Å². The van der Waals surface area contributed by atoms with Crippen LogP contribution in [0, 0.1) is 6.92 Å². The van der Waals surface area contributed by atoms with Crippen LogP contribution < -0.4 is 10.1 Å². The van der Waals surface area contributed by atoms with E-state index in [-0.39, 0.29) is 17.9 Å². The summed E-state index contributed by atoms with van der Waals surface area (Å²) in [6.45, 7) is 6.03. The SMILES string of the molecule is COc1ccc(C=CCN2C[C@@H](NC(C)=O)[C@H](c3ccc(C)o3)C2)cc1. The zero-order valence-electron chi connectivity index (χ0n) is 15.6. The Hall–Kier alpha value is -2.53. The van der Waals surface area contributed by atoms with Crippen LogP contribution in [0.3, 0.4) is 0 Å². The quantitative estimate of drug-likeness (QED) is 0.865. The number of ether oxygens (including phenoxy) is 1. The summed E-state index contributed by atoms with van der Waals surface area (Å²) in [6.07, 6.45) is 4.26. The molecule has 0 saturated carbocycles. The van der Waals surface area contributed by atoms with E-state index in [9.17, 15) is 4.79 Å². The second-order valence-electron chi connectivity index (χ2n) is 6.76. The predicted octanol–water partition coefficient (Wildman–Crippen LogP) is 3.21. The van der Waals surface area contributed by atoms with Crippen LogP contribution in [0.2, 0.25) is 0 Å². The van der Waals surface area contributed by atoms with Gasteiger partial charge >= 0.3 is 0 Å². The van der Waals surface area contributed by atoms with Crippen molar-refractivity contribution < 1.29 is 13.9 Å². The Morgan fingerprint density at radius 2 is 2.04 bits per heavy atom. The van der Waals surface area contributed by atoms with E-state index >= 15 is 0 Å². The molecular formula is C21H26N2O3. The molecule has 5 heteroatoms. The Balaban J connectivity index is 1.62. The number of hydrogen-bond acceptors (Lipinski definition) is 4. The van der Waals surface area contributed by atoms with Crippen LogP contribution in [0.15, 0.2) is 46.9 Å². The maximum absolute atomic E-state index is 11.6. The number of rotatable bonds is 6. The van der Waals surface area contributed by atoms with Gasteiger partial charge in [-0.15, -0.1) is 0 Å². The maximum atomic E-state index is 11.6. The molecule has 2 heterocycles. The van der Waals surface area contributed by atoms with Crippen molar-refractivity contribution in [3.63, 3.8) is 0 Å². The van der Waals surface area contributed by atoms with Gasteiger partial charge in [0.1, 0.15) is 17.3 Å². The van der Waals surface area contributed by atoms with Crippen molar-refractivity contribution >= 4 is 12.0 Å². The molecule has 1 aliphatic rings. The zero-order valence-corrected chi connectivity index (χ0v) is 15.6. The number of benzene rings is 1. The van der Waals surface area contributed by atoms with Crippen molar-refractivity contribution in [3.05, 3.63) is 59.6 Å². The molecule has 1 N–H and O–H groups in total. The summed E-state index contributed by atoms with van der Waals surface area (Å²) in [5.41, 5.74) is 1.14. The molecule has 0 radical (unpaired) electrons. The predicted molar refractivity (Wildman–Crippen MR) is 102 cm³/mol. The minimum Gasteiger partial charge on any atom is -0.497 e. The summed E-state index contributed by atoms with van der Waals surface area (Å²) in [5, 5.41) is 3.07. The van der Waals surface area contributed by atoms with Crippen molar-refractivity contribution in [2.75, 3.05) is 26.7 Å². The van der Waals surface area contributed by atoms with Crippen LogP contribution in [0.25, 0.3) is 6.08 Å². The second-order valence-corrected chi connectivity index (χ2v) is 6.76. The number of furan rings is 1. The third kappa shape index (κ3) is 4.55. The lowest BCUT2D eigenvalue weighted by atomic mass is 10.0. The van der Waals surface area contributed by atoms with Gasteiger partial charge in [-0.2, -0.15) is 0 Å². The molecule has 1 saturated heterocycles. The molecule has 138 valence electrons. The van der Waals surface area contributed by atoms with Crippen LogP contribution in [0.4, 0.5) is 0 Å². The number of methoxy groups -OCH3 is 1. The molecular weight excluding hydrogens is 328 g/mol. The highest BCUT2D eigenvalue weighted by Gasteiger charge is 2.35. The smallest absolute Gasteiger partial charge is 0.217 e. The summed E-state index contributed by atoms with van der Waals surface area (Å²) in [5.74, 6) is 2.89. The molecule has 1 aliphatic heterocycles. The molecule has 0 spiro atoms. The van der Waals surface area contributed by atoms with Crippen LogP contribution >= 0.6 is 0 Å². The molecule has 5 nitrogen and oxygen atoms in total. The monoisotopic (exact) mass is 354 g/mol. The van der Waals surface area contributed by atoms with Gasteiger partial charge in [-0.25, -0.2) is 0 Å². The van der Waals surface area contributed by atoms with E-state index in [2.05, 4.69) is 22.4 Å². The van der Waals surface area contributed by atoms with Crippen molar-refractivity contribution in [1.29, 1.82) is 0 Å². The standard InChI is InChI=1S/C21H26N2O3/c1-15-6-11-21(26-15)19-13-23(14-20(19)22-16(2)24)12-4-5-17-7-9-18(25-3)10-8-17/h4-11,19-20H,12-14H2,1-3H3,(H,22,24)/t19-,20-/m1/s1. The third-order valence-corrected chi connectivity index (χ3v) is 4.70. The van der Waals surface area contributed by atoms with E-state index in [1.807, 2.05) is 43.3 Å². The van der Waals surface area contributed by atoms with Crippen molar-refractivity contribution in [2.45, 2.75) is 25.8 Å². The number of nitrogens with zero attached hydrogens (tertiary/aromatic N) is 1. The van der Waals surface area contributed by atoms with Gasteiger partial charge in [0.2, 0.25) is 5.91 Å². The molecule has 2 atom stereocenters. The third-order valence-electron chi connectivity index (χ3n) is 4.70. The fourth-order valence-corrected chi connectivity index (χ4v) is 3.44. The Bertz CT molecular complexity index is 764. The minimum absolute atomic E-state index is 0.00102. The van der Waals surface area contributed by atoms with Gasteiger partial charge in [-0.05, 0) is 36.8 Å². The summed E-state index contributed by atoms with van der Waals surface area (Å²) in [6, 6.07) is 12.1. The number of likely N-dealkylation sites (tertiary alicyclic amines) is 1. The van der Waals surface area contributed by atoms with E-state index in [4.69, 9.17) is 9.15 Å². The second kappa shape index (κ2) is 8.23. The number of amides is 1. The maximum Gasteiger partial charge on any atom is 0.217 e. The van der Waals surface area contributed by atoms with Crippen LogP contribution in [-0.4, -0.2) is 43.6 Å². The zero-order chi connectivity index (χ0) is 18.5. The first-order valence-corrected chi connectivity index (χ1v) is 8.91. The summed E-state index contributed by atoms with van der Waals surface area (Å²) in [4.78, 5) is 13.9. The van der Waals surface area contributed by atoms with Crippen LogP contribution in [-0.2, 0) is 4.79 Å². The average Bonchev–Trinajstić information content (AvgIpc) is 3.21. The number of carbonyl (C=O) groups is 1. The topological polar surface area (TPSA) is 54.7 Å². The van der Waals surface area contributed by atoms with Crippen LogP contribution in [0.1, 0.15) is 29.9 Å². The molecule has 3 rings (SSSR count). The van der Waals surface area contributed by atoms with E-state index in [0.29, 0.717) is 0 Å². The largest absolute Gasteiger partial charge is 0.497 e. The van der Waals surface area contributed by atoms with E-state index in [1.54, 1.807) is 14.0 Å². The highest BCUT2D eigenvalue weighted by molar-refractivity contribution is 5.73. The van der Waals surface area contributed by atoms with E-state index < -0.39 is 0 Å². The summed E-state index contributed by atoms with van der Waals surface area (Å²) < 4.78 is 11.0. The fourth-order valence-electron chi connectivity index (χ4n) is 3.44. The minimum atomic E-state index is -0.00102. The number of aryl methyl sites for hydroxylation is 1. The normalized spacial score (nSPS) is 20.6. The first-order chi connectivity index (χ1) is 12.5. The van der Waals surface area contributed by atoms with E-state index in [0.717, 1.165) is 42.5 Å². The lowest BCUT2D eigenvalue weighted by molar-refractivity contribution is -0.119. The van der Waals surface area contributed by atoms with Crippen molar-refractivity contribution in [3.8, 4) is 5.75 Å². The van der Waals surface area contributed by atoms with Gasteiger partial charge in [0.15, 0.2) is 0 Å². The molecule has 26 heavy (non-hydrogen) atoms.